The molecule has 1 saturated heterocycles. The number of anilines is 1. The van der Waals surface area contributed by atoms with Gasteiger partial charge in [0.05, 0.1) is 32.2 Å². The summed E-state index contributed by atoms with van der Waals surface area (Å²) in [6.45, 7) is 2.77. The van der Waals surface area contributed by atoms with E-state index in [4.69, 9.17) is 17.3 Å². The predicted molar refractivity (Wildman–Crippen MR) is 93.3 cm³/mol. The Hall–Kier alpha value is -1.31. The Labute approximate surface area is 141 Å². The summed E-state index contributed by atoms with van der Waals surface area (Å²) in [4.78, 5) is 27.3. The number of ketones is 1. The summed E-state index contributed by atoms with van der Waals surface area (Å²) >= 11 is 8.02. The van der Waals surface area contributed by atoms with E-state index in [1.807, 2.05) is 31.2 Å². The van der Waals surface area contributed by atoms with Gasteiger partial charge in [-0.2, -0.15) is 0 Å². The van der Waals surface area contributed by atoms with Crippen molar-refractivity contribution >= 4 is 57.4 Å². The number of nitrogens with zero attached hydrogens (tertiary/aromatic N) is 1. The molecule has 22 heavy (non-hydrogen) atoms. The average Bonchev–Trinajstić information content (AvgIpc) is 2.98. The molecule has 1 aromatic rings. The summed E-state index contributed by atoms with van der Waals surface area (Å²) in [7, 11) is 0. The van der Waals surface area contributed by atoms with Crippen LogP contribution in [0.3, 0.4) is 0 Å². The lowest BCUT2D eigenvalue weighted by atomic mass is 10.0. The Kier molecular flexibility index (Phi) is 4.29. The highest BCUT2D eigenvalue weighted by molar-refractivity contribution is 8.27. The topological polar surface area (TPSA) is 57.6 Å². The summed E-state index contributed by atoms with van der Waals surface area (Å²) in [5.41, 5.74) is 1.08. The van der Waals surface area contributed by atoms with Crippen LogP contribution in [0.5, 0.6) is 0 Å². The number of carboxylic acid groups (broad SMARTS) is 1. The van der Waals surface area contributed by atoms with Crippen molar-refractivity contribution in [2.45, 2.75) is 18.2 Å². The van der Waals surface area contributed by atoms with Crippen molar-refractivity contribution in [2.75, 3.05) is 11.4 Å². The van der Waals surface area contributed by atoms with Crippen LogP contribution < -0.4 is 4.90 Å². The van der Waals surface area contributed by atoms with E-state index >= 15 is 0 Å². The number of carboxylic acids is 1. The Morgan fingerprint density at radius 3 is 2.77 bits per heavy atom. The lowest BCUT2D eigenvalue weighted by Crippen LogP contribution is -2.21. The molecule has 0 saturated carbocycles. The van der Waals surface area contributed by atoms with Crippen LogP contribution >= 0.6 is 35.7 Å². The van der Waals surface area contributed by atoms with E-state index in [-0.39, 0.29) is 12.2 Å². The zero-order valence-electron chi connectivity index (χ0n) is 11.7. The van der Waals surface area contributed by atoms with Crippen molar-refractivity contribution in [3.8, 4) is 0 Å². The van der Waals surface area contributed by atoms with Gasteiger partial charge in [-0.15, -0.1) is 0 Å². The van der Waals surface area contributed by atoms with E-state index in [9.17, 15) is 9.59 Å². The van der Waals surface area contributed by atoms with Gasteiger partial charge in [-0.05, 0) is 19.1 Å². The van der Waals surface area contributed by atoms with E-state index in [0.29, 0.717) is 9.10 Å². The molecule has 0 aliphatic carbocycles. The second-order valence-corrected chi connectivity index (χ2v) is 7.67. The van der Waals surface area contributed by atoms with Gasteiger partial charge in [0.25, 0.3) is 0 Å². The third kappa shape index (κ3) is 2.57. The maximum atomic E-state index is 12.6. The molecular weight excluding hydrogens is 338 g/mol. The molecule has 0 spiro atoms. The number of benzene rings is 1. The summed E-state index contributed by atoms with van der Waals surface area (Å²) in [6, 6.07) is 7.98. The number of para-hydroxylation sites is 1. The minimum atomic E-state index is -0.998. The van der Waals surface area contributed by atoms with Crippen molar-refractivity contribution in [3.05, 3.63) is 34.2 Å². The first-order chi connectivity index (χ1) is 10.5. The Morgan fingerprint density at radius 2 is 2.09 bits per heavy atom. The van der Waals surface area contributed by atoms with Gasteiger partial charge in [0.15, 0.2) is 5.78 Å². The molecule has 1 unspecified atom stereocenters. The molecule has 0 amide bonds. The maximum absolute atomic E-state index is 12.6. The third-order valence-electron chi connectivity index (χ3n) is 3.52. The molecule has 1 fully saturated rings. The molecule has 1 atom stereocenters. The average molecular weight is 351 g/mol. The number of allylic oxidation sites excluding steroid dienone is 1. The van der Waals surface area contributed by atoms with E-state index in [0.717, 1.165) is 22.2 Å². The van der Waals surface area contributed by atoms with Crippen LogP contribution in [0.1, 0.15) is 13.3 Å². The molecule has 1 aromatic carbocycles. The Bertz CT molecular complexity index is 714. The molecular formula is C15H13NO3S3. The van der Waals surface area contributed by atoms with E-state index in [1.165, 1.54) is 11.8 Å². The van der Waals surface area contributed by atoms with Crippen LogP contribution in [0.25, 0.3) is 0 Å². The predicted octanol–water partition coefficient (Wildman–Crippen LogP) is 3.52. The monoisotopic (exact) mass is 351 g/mol. The molecule has 0 bridgehead atoms. The molecule has 114 valence electrons. The third-order valence-corrected chi connectivity index (χ3v) is 6.46. The lowest BCUT2D eigenvalue weighted by Gasteiger charge is -2.19. The molecule has 4 nitrogen and oxygen atoms in total. The smallest absolute Gasteiger partial charge is 0.304 e. The van der Waals surface area contributed by atoms with Crippen LogP contribution in [0.4, 0.5) is 5.69 Å². The fourth-order valence-electron chi connectivity index (χ4n) is 2.50. The number of hydrogen-bond donors (Lipinski definition) is 1. The fourth-order valence-corrected chi connectivity index (χ4v) is 5.34. The second kappa shape index (κ2) is 6.06. The van der Waals surface area contributed by atoms with Gasteiger partial charge in [0, 0.05) is 11.4 Å². The quantitative estimate of drug-likeness (QED) is 0.660. The van der Waals surface area contributed by atoms with E-state index in [1.54, 1.807) is 11.8 Å². The molecule has 0 radical (unpaired) electrons. The highest BCUT2D eigenvalue weighted by Gasteiger charge is 2.41. The van der Waals surface area contributed by atoms with Gasteiger partial charge < -0.3 is 10.0 Å². The molecule has 3 rings (SSSR count). The largest absolute Gasteiger partial charge is 0.481 e. The van der Waals surface area contributed by atoms with Gasteiger partial charge in [-0.25, -0.2) is 0 Å². The van der Waals surface area contributed by atoms with Crippen LogP contribution in [-0.4, -0.2) is 27.6 Å². The van der Waals surface area contributed by atoms with Crippen molar-refractivity contribution in [3.63, 3.8) is 0 Å². The SMILES string of the molecule is CCN1C(=C2SC(=S)C(CC(=O)O)C2=O)Sc2ccccc21. The number of aliphatic carboxylic acids is 1. The van der Waals surface area contributed by atoms with Crippen LogP contribution in [0.2, 0.25) is 0 Å². The molecule has 7 heteroatoms. The van der Waals surface area contributed by atoms with Gasteiger partial charge in [-0.1, -0.05) is 47.9 Å². The zero-order valence-corrected chi connectivity index (χ0v) is 14.2. The van der Waals surface area contributed by atoms with Crippen molar-refractivity contribution in [1.29, 1.82) is 0 Å². The highest BCUT2D eigenvalue weighted by atomic mass is 32.2. The molecule has 1 N–H and O–H groups in total. The first-order valence-corrected chi connectivity index (χ1v) is 8.83. The molecule has 0 aromatic heterocycles. The van der Waals surface area contributed by atoms with Gasteiger partial charge in [0.2, 0.25) is 0 Å². The lowest BCUT2D eigenvalue weighted by molar-refractivity contribution is -0.139. The number of carbonyl (C=O) groups is 2. The Balaban J connectivity index is 2.00. The summed E-state index contributed by atoms with van der Waals surface area (Å²) in [5.74, 6) is -1.85. The summed E-state index contributed by atoms with van der Waals surface area (Å²) in [5, 5.41) is 9.82. The van der Waals surface area contributed by atoms with Crippen molar-refractivity contribution in [2.24, 2.45) is 5.92 Å². The molecule has 2 heterocycles. The van der Waals surface area contributed by atoms with Gasteiger partial charge in [-0.3, -0.25) is 9.59 Å². The van der Waals surface area contributed by atoms with E-state index in [2.05, 4.69) is 4.90 Å². The first kappa shape index (κ1) is 15.6. The van der Waals surface area contributed by atoms with E-state index < -0.39 is 11.9 Å². The number of thiocarbonyl (C=S) groups is 1. The second-order valence-electron chi connectivity index (χ2n) is 4.88. The van der Waals surface area contributed by atoms with Gasteiger partial charge in [0.1, 0.15) is 0 Å². The number of hydrogen-bond acceptors (Lipinski definition) is 6. The number of rotatable bonds is 3. The van der Waals surface area contributed by atoms with Gasteiger partial charge >= 0.3 is 5.97 Å². The number of Topliss-reactive ketones (excluding diaryl/α,β-unsaturated/α-hetero) is 1. The number of carbonyl (C=O) groups excluding carboxylic acids is 1. The van der Waals surface area contributed by atoms with Crippen LogP contribution in [0.15, 0.2) is 39.1 Å². The van der Waals surface area contributed by atoms with Crippen LogP contribution in [0, 0.1) is 5.92 Å². The summed E-state index contributed by atoms with van der Waals surface area (Å²) < 4.78 is 0.461. The minimum absolute atomic E-state index is 0.161. The number of fused-ring (bicyclic) bond motifs is 1. The summed E-state index contributed by atoms with van der Waals surface area (Å²) in [6.07, 6.45) is -0.231. The Morgan fingerprint density at radius 1 is 1.36 bits per heavy atom. The molecule has 2 aliphatic heterocycles. The van der Waals surface area contributed by atoms with Crippen LogP contribution in [-0.2, 0) is 9.59 Å². The molecule has 2 aliphatic rings. The number of thioether (sulfide) groups is 2. The first-order valence-electron chi connectivity index (χ1n) is 6.79. The zero-order chi connectivity index (χ0) is 15.9. The van der Waals surface area contributed by atoms with Crippen molar-refractivity contribution in [1.82, 2.24) is 0 Å². The standard InChI is InChI=1S/C15H13NO3S3/c1-2-16-9-5-3-4-6-10(9)21-14(16)13-12(19)8(7-11(17)18)15(20)22-13/h3-6,8H,2,7H2,1H3,(H,17,18). The fraction of sp³-hybridized carbons (Fsp3) is 0.267. The minimum Gasteiger partial charge on any atom is -0.481 e. The highest BCUT2D eigenvalue weighted by Crippen LogP contribution is 2.51. The maximum Gasteiger partial charge on any atom is 0.304 e. The van der Waals surface area contributed by atoms with Crippen molar-refractivity contribution < 1.29 is 14.7 Å². The normalized spacial score (nSPS) is 24.0.